The number of aromatic nitrogens is 2. The molecular formula is C39H25N3O. The zero-order chi connectivity index (χ0) is 28.1. The number of hydrogen-bond acceptors (Lipinski definition) is 3. The number of rotatable bonds is 2. The average Bonchev–Trinajstić information content (AvgIpc) is 3.74. The third kappa shape index (κ3) is 3.07. The molecule has 5 aromatic carbocycles. The Balaban J connectivity index is 1.34. The van der Waals surface area contributed by atoms with E-state index in [4.69, 9.17) is 9.40 Å². The van der Waals surface area contributed by atoms with Crippen molar-refractivity contribution in [3.8, 4) is 11.1 Å². The average molecular weight is 552 g/mol. The van der Waals surface area contributed by atoms with Gasteiger partial charge < -0.3 is 9.32 Å². The lowest BCUT2D eigenvalue weighted by atomic mass is 9.95. The minimum absolute atomic E-state index is 0.225. The van der Waals surface area contributed by atoms with Gasteiger partial charge in [-0.1, -0.05) is 97.1 Å². The number of pyridine rings is 1. The number of hydrogen-bond donors (Lipinski definition) is 0. The number of anilines is 2. The monoisotopic (exact) mass is 551 g/mol. The summed E-state index contributed by atoms with van der Waals surface area (Å²) in [6, 6.07) is 41.3. The van der Waals surface area contributed by atoms with Gasteiger partial charge in [0.15, 0.2) is 0 Å². The van der Waals surface area contributed by atoms with E-state index in [0.717, 1.165) is 56.4 Å². The van der Waals surface area contributed by atoms with Crippen molar-refractivity contribution in [2.75, 3.05) is 4.90 Å². The topological polar surface area (TPSA) is 33.7 Å². The molecule has 3 aromatic heterocycles. The van der Waals surface area contributed by atoms with Gasteiger partial charge in [0, 0.05) is 32.8 Å². The SMILES string of the molecule is C1=CCC2C(=C1)c1nc3c4ccccc4c4c(-c5ccc6oc7ccccc7c6c5)cccc4n3c1N2c1ccccc1. The standard InChI is InChI=1S/C39H25N3O/c1-2-11-25(12-3-1)41-32-18-8-6-16-30(32)37-39(41)42-33-19-10-17-26(36(33)28-14-4-5-15-29(28)38(42)40-37)24-21-22-35-31(23-24)27-13-7-9-20-34(27)43-35/h1-17,19-23,32H,18H2. The second-order valence-corrected chi connectivity index (χ2v) is 11.5. The summed E-state index contributed by atoms with van der Waals surface area (Å²) in [5, 5.41) is 5.87. The molecule has 202 valence electrons. The highest BCUT2D eigenvalue weighted by atomic mass is 16.3. The molecule has 43 heavy (non-hydrogen) atoms. The fourth-order valence-electron chi connectivity index (χ4n) is 7.41. The molecule has 8 aromatic rings. The summed E-state index contributed by atoms with van der Waals surface area (Å²) in [5.74, 6) is 1.14. The van der Waals surface area contributed by atoms with Crippen molar-refractivity contribution in [2.45, 2.75) is 12.5 Å². The first-order chi connectivity index (χ1) is 21.3. The highest BCUT2D eigenvalue weighted by Gasteiger charge is 2.40. The van der Waals surface area contributed by atoms with Crippen molar-refractivity contribution in [3.63, 3.8) is 0 Å². The van der Waals surface area contributed by atoms with E-state index in [1.807, 2.05) is 12.1 Å². The largest absolute Gasteiger partial charge is 0.456 e. The van der Waals surface area contributed by atoms with Crippen molar-refractivity contribution in [1.82, 2.24) is 9.38 Å². The van der Waals surface area contributed by atoms with Crippen molar-refractivity contribution in [2.24, 2.45) is 0 Å². The first kappa shape index (κ1) is 23.0. The molecule has 0 amide bonds. The Morgan fingerprint density at radius 2 is 1.49 bits per heavy atom. The molecule has 4 heterocycles. The van der Waals surface area contributed by atoms with Crippen molar-refractivity contribution < 1.29 is 4.42 Å². The first-order valence-electron chi connectivity index (χ1n) is 14.8. The number of imidazole rings is 1. The van der Waals surface area contributed by atoms with Crippen LogP contribution in [-0.2, 0) is 0 Å². The number of benzene rings is 5. The Bertz CT molecular complexity index is 2500. The molecule has 4 heteroatoms. The molecule has 4 nitrogen and oxygen atoms in total. The summed E-state index contributed by atoms with van der Waals surface area (Å²) >= 11 is 0. The minimum atomic E-state index is 0.225. The summed E-state index contributed by atoms with van der Waals surface area (Å²) in [6.45, 7) is 0. The van der Waals surface area contributed by atoms with Crippen LogP contribution in [0.5, 0.6) is 0 Å². The van der Waals surface area contributed by atoms with Crippen LogP contribution in [0, 0.1) is 0 Å². The summed E-state index contributed by atoms with van der Waals surface area (Å²) in [7, 11) is 0. The molecule has 2 aliphatic rings. The fourth-order valence-corrected chi connectivity index (χ4v) is 7.41. The predicted molar refractivity (Wildman–Crippen MR) is 177 cm³/mol. The minimum Gasteiger partial charge on any atom is -0.456 e. The molecule has 10 rings (SSSR count). The quantitative estimate of drug-likeness (QED) is 0.200. The lowest BCUT2D eigenvalue weighted by Crippen LogP contribution is -2.28. The van der Waals surface area contributed by atoms with E-state index >= 15 is 0 Å². The summed E-state index contributed by atoms with van der Waals surface area (Å²) in [5.41, 5.74) is 9.90. The van der Waals surface area contributed by atoms with Gasteiger partial charge in [-0.3, -0.25) is 4.40 Å². The smallest absolute Gasteiger partial charge is 0.147 e. The summed E-state index contributed by atoms with van der Waals surface area (Å²) in [4.78, 5) is 7.90. The zero-order valence-corrected chi connectivity index (χ0v) is 23.2. The van der Waals surface area contributed by atoms with Crippen LogP contribution >= 0.6 is 0 Å². The van der Waals surface area contributed by atoms with Crippen LogP contribution in [0.4, 0.5) is 11.5 Å². The van der Waals surface area contributed by atoms with Gasteiger partial charge in [0.25, 0.3) is 0 Å². The lowest BCUT2D eigenvalue weighted by molar-refractivity contribution is 0.669. The van der Waals surface area contributed by atoms with Crippen LogP contribution in [0.25, 0.3) is 66.0 Å². The van der Waals surface area contributed by atoms with E-state index in [1.54, 1.807) is 0 Å². The maximum absolute atomic E-state index is 6.17. The first-order valence-corrected chi connectivity index (χ1v) is 14.8. The molecule has 1 unspecified atom stereocenters. The summed E-state index contributed by atoms with van der Waals surface area (Å²) < 4.78 is 8.58. The van der Waals surface area contributed by atoms with Gasteiger partial charge in [0.2, 0.25) is 0 Å². The Morgan fingerprint density at radius 3 is 2.40 bits per heavy atom. The van der Waals surface area contributed by atoms with Crippen LogP contribution in [0.15, 0.2) is 138 Å². The Morgan fingerprint density at radius 1 is 0.698 bits per heavy atom. The van der Waals surface area contributed by atoms with E-state index in [0.29, 0.717) is 0 Å². The van der Waals surface area contributed by atoms with Gasteiger partial charge in [0.05, 0.1) is 11.6 Å². The van der Waals surface area contributed by atoms with E-state index in [9.17, 15) is 0 Å². The van der Waals surface area contributed by atoms with E-state index in [2.05, 4.69) is 131 Å². The van der Waals surface area contributed by atoms with Crippen LogP contribution in [0.3, 0.4) is 0 Å². The zero-order valence-electron chi connectivity index (χ0n) is 23.2. The Hall–Kier alpha value is -5.61. The molecule has 0 saturated carbocycles. The lowest BCUT2D eigenvalue weighted by Gasteiger charge is -2.29. The van der Waals surface area contributed by atoms with Crippen LogP contribution in [0.1, 0.15) is 12.1 Å². The van der Waals surface area contributed by atoms with Gasteiger partial charge in [-0.05, 0) is 59.3 Å². The number of para-hydroxylation sites is 2. The third-order valence-electron chi connectivity index (χ3n) is 9.24. The molecule has 0 fully saturated rings. The highest BCUT2D eigenvalue weighted by Crippen LogP contribution is 2.50. The summed E-state index contributed by atoms with van der Waals surface area (Å²) in [6.07, 6.45) is 7.65. The van der Waals surface area contributed by atoms with Crippen molar-refractivity contribution in [1.29, 1.82) is 0 Å². The van der Waals surface area contributed by atoms with E-state index in [1.165, 1.54) is 33.2 Å². The maximum Gasteiger partial charge on any atom is 0.147 e. The fraction of sp³-hybridized carbons (Fsp3) is 0.0513. The molecule has 1 atom stereocenters. The van der Waals surface area contributed by atoms with Crippen LogP contribution in [-0.4, -0.2) is 15.4 Å². The van der Waals surface area contributed by atoms with Crippen LogP contribution in [0.2, 0.25) is 0 Å². The second-order valence-electron chi connectivity index (χ2n) is 11.5. The van der Waals surface area contributed by atoms with E-state index < -0.39 is 0 Å². The predicted octanol–water partition coefficient (Wildman–Crippen LogP) is 10.1. The normalized spacial score (nSPS) is 16.0. The third-order valence-corrected chi connectivity index (χ3v) is 9.24. The molecule has 1 aliphatic carbocycles. The van der Waals surface area contributed by atoms with Gasteiger partial charge in [0.1, 0.15) is 28.3 Å². The molecule has 0 spiro atoms. The molecular weight excluding hydrogens is 526 g/mol. The van der Waals surface area contributed by atoms with E-state index in [-0.39, 0.29) is 6.04 Å². The van der Waals surface area contributed by atoms with Crippen molar-refractivity contribution in [3.05, 3.63) is 139 Å². The van der Waals surface area contributed by atoms with Gasteiger partial charge in [-0.25, -0.2) is 4.98 Å². The van der Waals surface area contributed by atoms with Gasteiger partial charge in [-0.15, -0.1) is 0 Å². The Kier molecular flexibility index (Phi) is 4.53. The molecule has 0 bridgehead atoms. The number of fused-ring (bicyclic) bond motifs is 13. The number of allylic oxidation sites excluding steroid dienone is 2. The molecule has 1 aliphatic heterocycles. The van der Waals surface area contributed by atoms with Crippen LogP contribution < -0.4 is 4.90 Å². The second kappa shape index (κ2) is 8.46. The molecule has 0 saturated heterocycles. The van der Waals surface area contributed by atoms with Gasteiger partial charge in [-0.2, -0.15) is 0 Å². The highest BCUT2D eigenvalue weighted by molar-refractivity contribution is 6.19. The maximum atomic E-state index is 6.17. The van der Waals surface area contributed by atoms with Crippen molar-refractivity contribution >= 4 is 66.3 Å². The Labute approximate surface area is 247 Å². The van der Waals surface area contributed by atoms with Gasteiger partial charge >= 0.3 is 0 Å². The molecule has 0 N–H and O–H groups in total. The number of furan rings is 1. The number of nitrogens with zero attached hydrogens (tertiary/aromatic N) is 3. The molecule has 0 radical (unpaired) electrons.